The standard InChI is InChI=1S/C10H19O6PS2/c1-6-15-8(11)10(3,9(12)16-7-2)19-17(18,13-4)14-5/h6-7H2,1-5H3. The Labute approximate surface area is 122 Å². The molecule has 19 heavy (non-hydrogen) atoms. The van der Waals surface area contributed by atoms with Crippen LogP contribution in [-0.2, 0) is 39.9 Å². The van der Waals surface area contributed by atoms with Crippen LogP contribution >= 0.6 is 17.1 Å². The van der Waals surface area contributed by atoms with Gasteiger partial charge in [0.25, 0.3) is 0 Å². The molecule has 0 saturated heterocycles. The zero-order valence-electron chi connectivity index (χ0n) is 11.6. The van der Waals surface area contributed by atoms with Crippen molar-refractivity contribution in [2.45, 2.75) is 25.5 Å². The second-order valence-electron chi connectivity index (χ2n) is 3.38. The number of carbonyl (C=O) groups is 2. The van der Waals surface area contributed by atoms with E-state index in [0.29, 0.717) is 0 Å². The highest BCUT2D eigenvalue weighted by Crippen LogP contribution is 2.64. The van der Waals surface area contributed by atoms with Crippen molar-refractivity contribution in [3.63, 3.8) is 0 Å². The monoisotopic (exact) mass is 330 g/mol. The number of esters is 2. The molecule has 112 valence electrons. The van der Waals surface area contributed by atoms with Crippen molar-refractivity contribution in [1.29, 1.82) is 0 Å². The molecular formula is C10H19O6PS2. The highest BCUT2D eigenvalue weighted by molar-refractivity contribution is 8.68. The van der Waals surface area contributed by atoms with E-state index in [1.54, 1.807) is 13.8 Å². The summed E-state index contributed by atoms with van der Waals surface area (Å²) in [5.74, 6) is -1.44. The van der Waals surface area contributed by atoms with Gasteiger partial charge < -0.3 is 18.5 Å². The lowest BCUT2D eigenvalue weighted by Gasteiger charge is -2.28. The fourth-order valence-electron chi connectivity index (χ4n) is 1.07. The quantitative estimate of drug-likeness (QED) is 0.381. The van der Waals surface area contributed by atoms with Crippen molar-refractivity contribution in [1.82, 2.24) is 0 Å². The summed E-state index contributed by atoms with van der Waals surface area (Å²) in [6.07, 6.45) is 0. The molecule has 9 heteroatoms. The third-order valence-corrected chi connectivity index (χ3v) is 8.11. The van der Waals surface area contributed by atoms with Gasteiger partial charge >= 0.3 is 11.9 Å². The summed E-state index contributed by atoms with van der Waals surface area (Å²) in [5, 5.41) is 0. The lowest BCUT2D eigenvalue weighted by atomic mass is 10.2. The van der Waals surface area contributed by atoms with Crippen LogP contribution in [0.3, 0.4) is 0 Å². The van der Waals surface area contributed by atoms with Crippen molar-refractivity contribution in [2.75, 3.05) is 27.4 Å². The van der Waals surface area contributed by atoms with Gasteiger partial charge in [0.2, 0.25) is 10.4 Å². The molecule has 6 nitrogen and oxygen atoms in total. The maximum Gasteiger partial charge on any atom is 0.334 e. The van der Waals surface area contributed by atoms with Crippen molar-refractivity contribution in [3.05, 3.63) is 0 Å². The average molecular weight is 330 g/mol. The largest absolute Gasteiger partial charge is 0.465 e. The number of hydrogen-bond donors (Lipinski definition) is 0. The van der Waals surface area contributed by atoms with Crippen LogP contribution in [0.25, 0.3) is 0 Å². The molecule has 0 aliphatic heterocycles. The lowest BCUT2D eigenvalue weighted by Crippen LogP contribution is -2.43. The van der Waals surface area contributed by atoms with Gasteiger partial charge in [0.1, 0.15) is 0 Å². The van der Waals surface area contributed by atoms with Gasteiger partial charge in [-0.3, -0.25) is 0 Å². The van der Waals surface area contributed by atoms with E-state index in [1.807, 2.05) is 0 Å². The normalized spacial score (nSPS) is 12.1. The van der Waals surface area contributed by atoms with Crippen molar-refractivity contribution >= 4 is 40.8 Å². The summed E-state index contributed by atoms with van der Waals surface area (Å²) in [5.41, 5.74) is -2.81. The summed E-state index contributed by atoms with van der Waals surface area (Å²) in [6.45, 7) is 4.99. The molecule has 0 saturated carbocycles. The number of ether oxygens (including phenoxy) is 2. The van der Waals surface area contributed by atoms with Gasteiger partial charge in [-0.2, -0.15) is 0 Å². The van der Waals surface area contributed by atoms with Crippen LogP contribution in [-0.4, -0.2) is 44.1 Å². The van der Waals surface area contributed by atoms with Gasteiger partial charge in [-0.1, -0.05) is 0 Å². The molecule has 0 N–H and O–H groups in total. The SMILES string of the molecule is CCOC(=O)C(C)(SP(=S)(OC)OC)C(=O)OCC. The van der Waals surface area contributed by atoms with Crippen LogP contribution in [0.15, 0.2) is 0 Å². The Balaban J connectivity index is 5.33. The van der Waals surface area contributed by atoms with Crippen LogP contribution in [0.2, 0.25) is 0 Å². The molecule has 0 bridgehead atoms. The van der Waals surface area contributed by atoms with Gasteiger partial charge in [0.15, 0.2) is 0 Å². The molecule has 0 amide bonds. The summed E-state index contributed by atoms with van der Waals surface area (Å²) in [7, 11) is 2.74. The summed E-state index contributed by atoms with van der Waals surface area (Å²) >= 11 is 6.00. The second-order valence-corrected chi connectivity index (χ2v) is 10.1. The summed E-state index contributed by atoms with van der Waals surface area (Å²) in [4.78, 5) is 24.0. The molecule has 0 unspecified atom stereocenters. The van der Waals surface area contributed by atoms with E-state index >= 15 is 0 Å². The first-order valence-electron chi connectivity index (χ1n) is 5.56. The van der Waals surface area contributed by atoms with Gasteiger partial charge in [0.05, 0.1) is 13.2 Å². The predicted octanol–water partition coefficient (Wildman–Crippen LogP) is 2.12. The summed E-state index contributed by atoms with van der Waals surface area (Å²) < 4.78 is 18.4. The Bertz CT molecular complexity index is 347. The first-order chi connectivity index (χ1) is 8.79. The van der Waals surface area contributed by atoms with Crippen LogP contribution in [0.1, 0.15) is 20.8 Å². The molecule has 0 aliphatic carbocycles. The zero-order chi connectivity index (χ0) is 15.1. The molecule has 0 aromatic carbocycles. The molecule has 0 heterocycles. The van der Waals surface area contributed by atoms with E-state index in [9.17, 15) is 9.59 Å². The van der Waals surface area contributed by atoms with Gasteiger partial charge in [0, 0.05) is 14.2 Å². The Morgan fingerprint density at radius 2 is 1.47 bits per heavy atom. The number of rotatable bonds is 8. The minimum Gasteiger partial charge on any atom is -0.465 e. The maximum absolute atomic E-state index is 12.0. The molecule has 0 atom stereocenters. The topological polar surface area (TPSA) is 71.1 Å². The maximum atomic E-state index is 12.0. The molecule has 0 rings (SSSR count). The molecule has 0 spiro atoms. The average Bonchev–Trinajstić information content (AvgIpc) is 2.38. The second kappa shape index (κ2) is 8.21. The summed E-state index contributed by atoms with van der Waals surface area (Å²) in [6, 6.07) is 0. The fourth-order valence-corrected chi connectivity index (χ4v) is 5.66. The first-order valence-corrected chi connectivity index (χ1v) is 9.62. The first kappa shape index (κ1) is 18.9. The Kier molecular flexibility index (Phi) is 8.15. The number of carbonyl (C=O) groups excluding carboxylic acids is 2. The Hall–Kier alpha value is -0.140. The fraction of sp³-hybridized carbons (Fsp3) is 0.800. The molecule has 0 aliphatic rings. The third-order valence-electron chi connectivity index (χ3n) is 2.07. The van der Waals surface area contributed by atoms with Crippen molar-refractivity contribution < 1.29 is 28.1 Å². The minimum atomic E-state index is -2.81. The molecule has 0 radical (unpaired) electrons. The van der Waals surface area contributed by atoms with Gasteiger partial charge in [-0.15, -0.1) is 0 Å². The van der Waals surface area contributed by atoms with E-state index in [1.165, 1.54) is 21.1 Å². The van der Waals surface area contributed by atoms with E-state index in [0.717, 1.165) is 11.4 Å². The molecule has 0 fully saturated rings. The Morgan fingerprint density at radius 3 is 1.74 bits per heavy atom. The predicted molar refractivity (Wildman–Crippen MR) is 77.6 cm³/mol. The van der Waals surface area contributed by atoms with E-state index in [2.05, 4.69) is 0 Å². The van der Waals surface area contributed by atoms with Crippen molar-refractivity contribution in [3.8, 4) is 0 Å². The van der Waals surface area contributed by atoms with Gasteiger partial charge in [-0.05, 0) is 44.0 Å². The molecule has 0 aromatic rings. The van der Waals surface area contributed by atoms with Crippen LogP contribution in [0.5, 0.6) is 0 Å². The van der Waals surface area contributed by atoms with Crippen LogP contribution < -0.4 is 0 Å². The molecule has 0 aromatic heterocycles. The van der Waals surface area contributed by atoms with Crippen LogP contribution in [0, 0.1) is 0 Å². The van der Waals surface area contributed by atoms with Gasteiger partial charge in [-0.25, -0.2) is 9.59 Å². The Morgan fingerprint density at radius 1 is 1.11 bits per heavy atom. The number of hydrogen-bond acceptors (Lipinski definition) is 8. The molecular weight excluding hydrogens is 311 g/mol. The van der Waals surface area contributed by atoms with Crippen LogP contribution in [0.4, 0.5) is 0 Å². The van der Waals surface area contributed by atoms with E-state index in [-0.39, 0.29) is 13.2 Å². The van der Waals surface area contributed by atoms with E-state index in [4.69, 9.17) is 30.3 Å². The van der Waals surface area contributed by atoms with Crippen molar-refractivity contribution in [2.24, 2.45) is 0 Å². The highest BCUT2D eigenvalue weighted by Gasteiger charge is 2.49. The smallest absolute Gasteiger partial charge is 0.334 e. The highest BCUT2D eigenvalue weighted by atomic mass is 32.9. The minimum absolute atomic E-state index is 0.150. The third kappa shape index (κ3) is 5.04. The zero-order valence-corrected chi connectivity index (χ0v) is 14.2. The van der Waals surface area contributed by atoms with E-state index < -0.39 is 22.4 Å². The lowest BCUT2D eigenvalue weighted by molar-refractivity contribution is -0.157.